The summed E-state index contributed by atoms with van der Waals surface area (Å²) >= 11 is 0. The second-order valence-electron chi connectivity index (χ2n) is 8.23. The van der Waals surface area contributed by atoms with Crippen molar-refractivity contribution in [3.8, 4) is 23.0 Å². The van der Waals surface area contributed by atoms with E-state index < -0.39 is 0 Å². The number of nitrogens with two attached hydrogens (primary N) is 1. The summed E-state index contributed by atoms with van der Waals surface area (Å²) in [4.78, 5) is 12.7. The molecular formula is C28H41N3O5. The van der Waals surface area contributed by atoms with Crippen LogP contribution in [-0.2, 0) is 0 Å². The number of unbranched alkanes of at least 4 members (excludes halogenated alkanes) is 1. The molecule has 0 aromatic heterocycles. The van der Waals surface area contributed by atoms with Crippen LogP contribution in [0.25, 0.3) is 6.08 Å². The lowest BCUT2D eigenvalue weighted by molar-refractivity contribution is 0.104. The smallest absolute Gasteiger partial charge is 0.203 e. The summed E-state index contributed by atoms with van der Waals surface area (Å²) in [7, 11) is 4.57. The molecule has 0 atom stereocenters. The third-order valence-corrected chi connectivity index (χ3v) is 5.54. The number of rotatable bonds is 19. The molecule has 0 saturated heterocycles. The van der Waals surface area contributed by atoms with E-state index >= 15 is 0 Å². The number of carbonyl (C=O) groups is 1. The van der Waals surface area contributed by atoms with Crippen molar-refractivity contribution >= 4 is 11.9 Å². The molecule has 0 radical (unpaired) electrons. The molecule has 0 aliphatic rings. The van der Waals surface area contributed by atoms with Gasteiger partial charge in [0.05, 0.1) is 27.9 Å². The SMILES string of the molecule is COc1cc(C(=O)/C=C/c2ccc(OCCCNCCCCNCCCN)cc2)cc(OC)c1OC. The number of benzene rings is 2. The van der Waals surface area contributed by atoms with E-state index in [4.69, 9.17) is 24.7 Å². The predicted octanol–water partition coefficient (Wildman–Crippen LogP) is 3.69. The van der Waals surface area contributed by atoms with E-state index in [0.717, 1.165) is 63.3 Å². The number of hydrogen-bond donors (Lipinski definition) is 3. The fourth-order valence-corrected chi connectivity index (χ4v) is 3.53. The highest BCUT2D eigenvalue weighted by molar-refractivity contribution is 6.07. The minimum atomic E-state index is -0.162. The van der Waals surface area contributed by atoms with Crippen molar-refractivity contribution in [1.82, 2.24) is 10.6 Å². The highest BCUT2D eigenvalue weighted by atomic mass is 16.5. The zero-order valence-corrected chi connectivity index (χ0v) is 21.8. The van der Waals surface area contributed by atoms with Gasteiger partial charge in [-0.1, -0.05) is 18.2 Å². The van der Waals surface area contributed by atoms with Crippen molar-refractivity contribution in [2.75, 3.05) is 60.7 Å². The van der Waals surface area contributed by atoms with Crippen LogP contribution in [0, 0.1) is 0 Å². The summed E-state index contributed by atoms with van der Waals surface area (Å²) in [6.45, 7) is 5.42. The fraction of sp³-hybridized carbons (Fsp3) is 0.464. The van der Waals surface area contributed by atoms with Crippen molar-refractivity contribution in [3.63, 3.8) is 0 Å². The molecule has 0 unspecified atom stereocenters. The van der Waals surface area contributed by atoms with E-state index in [1.54, 1.807) is 18.2 Å². The molecule has 0 spiro atoms. The van der Waals surface area contributed by atoms with Gasteiger partial charge in [-0.25, -0.2) is 0 Å². The van der Waals surface area contributed by atoms with Gasteiger partial charge in [0.1, 0.15) is 5.75 Å². The molecule has 36 heavy (non-hydrogen) atoms. The summed E-state index contributed by atoms with van der Waals surface area (Å²) in [5.41, 5.74) is 6.83. The van der Waals surface area contributed by atoms with Crippen molar-refractivity contribution in [1.29, 1.82) is 0 Å². The fourth-order valence-electron chi connectivity index (χ4n) is 3.53. The van der Waals surface area contributed by atoms with Gasteiger partial charge in [-0.15, -0.1) is 0 Å². The van der Waals surface area contributed by atoms with Crippen LogP contribution in [0.15, 0.2) is 42.5 Å². The van der Waals surface area contributed by atoms with Crippen LogP contribution in [0.5, 0.6) is 23.0 Å². The average Bonchev–Trinajstić information content (AvgIpc) is 2.92. The van der Waals surface area contributed by atoms with Gasteiger partial charge in [-0.05, 0) is 94.3 Å². The number of methoxy groups -OCH3 is 3. The molecule has 0 aliphatic carbocycles. The molecule has 2 aromatic carbocycles. The van der Waals surface area contributed by atoms with Gasteiger partial charge in [-0.3, -0.25) is 4.79 Å². The average molecular weight is 500 g/mol. The van der Waals surface area contributed by atoms with Crippen LogP contribution < -0.4 is 35.3 Å². The summed E-state index contributed by atoms with van der Waals surface area (Å²) < 4.78 is 21.8. The summed E-state index contributed by atoms with van der Waals surface area (Å²) in [6.07, 6.45) is 7.61. The number of nitrogens with one attached hydrogen (secondary N) is 2. The monoisotopic (exact) mass is 499 g/mol. The largest absolute Gasteiger partial charge is 0.494 e. The Kier molecular flexibility index (Phi) is 14.1. The number of hydrogen-bond acceptors (Lipinski definition) is 8. The maximum Gasteiger partial charge on any atom is 0.203 e. The lowest BCUT2D eigenvalue weighted by Gasteiger charge is -2.13. The number of carbonyl (C=O) groups excluding carboxylic acids is 1. The molecular weight excluding hydrogens is 458 g/mol. The first-order valence-corrected chi connectivity index (χ1v) is 12.5. The highest BCUT2D eigenvalue weighted by Gasteiger charge is 2.15. The molecule has 8 heteroatoms. The van der Waals surface area contributed by atoms with Gasteiger partial charge in [-0.2, -0.15) is 0 Å². The molecule has 198 valence electrons. The van der Waals surface area contributed by atoms with Gasteiger partial charge >= 0.3 is 0 Å². The van der Waals surface area contributed by atoms with Crippen LogP contribution in [-0.4, -0.2) is 66.4 Å². The lowest BCUT2D eigenvalue weighted by Crippen LogP contribution is -2.22. The van der Waals surface area contributed by atoms with Crippen molar-refractivity contribution < 1.29 is 23.7 Å². The van der Waals surface area contributed by atoms with Gasteiger partial charge in [0, 0.05) is 5.56 Å². The topological polar surface area (TPSA) is 104 Å². The lowest BCUT2D eigenvalue weighted by atomic mass is 10.1. The molecule has 0 heterocycles. The van der Waals surface area contributed by atoms with Crippen LogP contribution in [0.3, 0.4) is 0 Å². The van der Waals surface area contributed by atoms with Crippen molar-refractivity contribution in [2.24, 2.45) is 5.73 Å². The Hall–Kier alpha value is -3.07. The molecule has 0 saturated carbocycles. The van der Waals surface area contributed by atoms with E-state index in [1.807, 2.05) is 24.3 Å². The van der Waals surface area contributed by atoms with Crippen molar-refractivity contribution in [2.45, 2.75) is 25.7 Å². The van der Waals surface area contributed by atoms with Gasteiger partial charge in [0.25, 0.3) is 0 Å². The molecule has 2 aromatic rings. The van der Waals surface area contributed by atoms with E-state index in [9.17, 15) is 4.79 Å². The van der Waals surface area contributed by atoms with Crippen LogP contribution in [0.2, 0.25) is 0 Å². The molecule has 2 rings (SSSR count). The first-order chi connectivity index (χ1) is 17.6. The minimum absolute atomic E-state index is 0.162. The summed E-state index contributed by atoms with van der Waals surface area (Å²) in [5.74, 6) is 1.99. The predicted molar refractivity (Wildman–Crippen MR) is 145 cm³/mol. The van der Waals surface area contributed by atoms with E-state index in [0.29, 0.717) is 29.4 Å². The molecule has 0 aliphatic heterocycles. The van der Waals surface area contributed by atoms with E-state index in [1.165, 1.54) is 33.8 Å². The molecule has 4 N–H and O–H groups in total. The normalized spacial score (nSPS) is 11.0. The second kappa shape index (κ2) is 17.4. The highest BCUT2D eigenvalue weighted by Crippen LogP contribution is 2.38. The summed E-state index contributed by atoms with van der Waals surface area (Å²) in [6, 6.07) is 11.0. The zero-order valence-electron chi connectivity index (χ0n) is 21.8. The number of ether oxygens (including phenoxy) is 4. The number of allylic oxidation sites excluding steroid dienone is 1. The standard InChI is InChI=1S/C28H41N3O5/c1-33-26-20-23(21-27(34-2)28(26)35-3)25(32)13-10-22-8-11-24(12-9-22)36-19-7-18-31-16-5-4-15-30-17-6-14-29/h8-13,20-21,30-31H,4-7,14-19,29H2,1-3H3/b13-10+. The number of ketones is 1. The third kappa shape index (κ3) is 10.3. The van der Waals surface area contributed by atoms with E-state index in [-0.39, 0.29) is 5.78 Å². The maximum absolute atomic E-state index is 12.7. The minimum Gasteiger partial charge on any atom is -0.494 e. The zero-order chi connectivity index (χ0) is 26.0. The Morgan fingerprint density at radius 2 is 1.42 bits per heavy atom. The van der Waals surface area contributed by atoms with Crippen molar-refractivity contribution in [3.05, 3.63) is 53.6 Å². The second-order valence-corrected chi connectivity index (χ2v) is 8.23. The molecule has 0 fully saturated rings. The first-order valence-electron chi connectivity index (χ1n) is 12.5. The maximum atomic E-state index is 12.7. The molecule has 0 amide bonds. The van der Waals surface area contributed by atoms with E-state index in [2.05, 4.69) is 10.6 Å². The van der Waals surface area contributed by atoms with Gasteiger partial charge in [0.15, 0.2) is 17.3 Å². The Bertz CT molecular complexity index is 906. The van der Waals surface area contributed by atoms with Crippen LogP contribution in [0.4, 0.5) is 0 Å². The van der Waals surface area contributed by atoms with Crippen LogP contribution >= 0.6 is 0 Å². The third-order valence-electron chi connectivity index (χ3n) is 5.54. The Morgan fingerprint density at radius 3 is 1.97 bits per heavy atom. The quantitative estimate of drug-likeness (QED) is 0.153. The van der Waals surface area contributed by atoms with Gasteiger partial charge < -0.3 is 35.3 Å². The summed E-state index contributed by atoms with van der Waals surface area (Å²) in [5, 5.41) is 6.84. The van der Waals surface area contributed by atoms with Gasteiger partial charge in [0.2, 0.25) is 5.75 Å². The Labute approximate surface area is 215 Å². The first kappa shape index (κ1) is 29.2. The Balaban J connectivity index is 1.70. The van der Waals surface area contributed by atoms with Crippen LogP contribution in [0.1, 0.15) is 41.6 Å². The Morgan fingerprint density at radius 1 is 0.833 bits per heavy atom. The molecule has 8 nitrogen and oxygen atoms in total. The molecule has 0 bridgehead atoms.